The maximum Gasteiger partial charge on any atom is 0.167 e. The van der Waals surface area contributed by atoms with Crippen LogP contribution in [0.25, 0.3) is 0 Å². The Labute approximate surface area is 100 Å². The Bertz CT molecular complexity index is 431. The molecule has 0 fully saturated rings. The van der Waals surface area contributed by atoms with Crippen molar-refractivity contribution in [2.45, 2.75) is 31.8 Å². The number of benzene rings is 1. The maximum absolute atomic E-state index is 14.0. The molecule has 3 nitrogen and oxygen atoms in total. The van der Waals surface area contributed by atoms with Gasteiger partial charge in [-0.3, -0.25) is 0 Å². The lowest BCUT2D eigenvalue weighted by Crippen LogP contribution is -2.16. The molecule has 2 atom stereocenters. The van der Waals surface area contributed by atoms with Crippen molar-refractivity contribution in [1.29, 1.82) is 0 Å². The molecule has 0 aromatic heterocycles. The summed E-state index contributed by atoms with van der Waals surface area (Å²) in [5, 5.41) is 10.0. The molecule has 94 valence electrons. The predicted molar refractivity (Wildman–Crippen MR) is 62.1 cm³/mol. The third-order valence-corrected chi connectivity index (χ3v) is 3.40. The first-order valence-electron chi connectivity index (χ1n) is 5.72. The molecule has 2 rings (SSSR count). The van der Waals surface area contributed by atoms with Crippen molar-refractivity contribution in [3.8, 4) is 11.5 Å². The van der Waals surface area contributed by atoms with Crippen LogP contribution in [0.15, 0.2) is 6.07 Å². The SMILES string of the molecule is COc1cc(F)c2c(c1OC)[C@H](O)CCC2C. The van der Waals surface area contributed by atoms with Gasteiger partial charge in [0.2, 0.25) is 0 Å². The van der Waals surface area contributed by atoms with Crippen molar-refractivity contribution < 1.29 is 19.0 Å². The molecule has 0 saturated carbocycles. The lowest BCUT2D eigenvalue weighted by atomic mass is 9.81. The lowest BCUT2D eigenvalue weighted by Gasteiger charge is -2.29. The summed E-state index contributed by atoms with van der Waals surface area (Å²) in [6.07, 6.45) is 0.721. The van der Waals surface area contributed by atoms with E-state index in [2.05, 4.69) is 0 Å². The molecule has 1 N–H and O–H groups in total. The molecule has 0 heterocycles. The highest BCUT2D eigenvalue weighted by atomic mass is 19.1. The van der Waals surface area contributed by atoms with Gasteiger partial charge >= 0.3 is 0 Å². The van der Waals surface area contributed by atoms with E-state index in [9.17, 15) is 9.50 Å². The number of hydrogen-bond donors (Lipinski definition) is 1. The van der Waals surface area contributed by atoms with Gasteiger partial charge in [0, 0.05) is 17.2 Å². The molecule has 0 bridgehead atoms. The van der Waals surface area contributed by atoms with Crippen LogP contribution in [0.4, 0.5) is 4.39 Å². The van der Waals surface area contributed by atoms with Crippen LogP contribution in [0.1, 0.15) is 42.9 Å². The normalized spacial score (nSPS) is 23.1. The topological polar surface area (TPSA) is 38.7 Å². The van der Waals surface area contributed by atoms with Gasteiger partial charge in [-0.2, -0.15) is 0 Å². The fourth-order valence-electron chi connectivity index (χ4n) is 2.53. The molecule has 1 aliphatic carbocycles. The van der Waals surface area contributed by atoms with Gasteiger partial charge in [0.25, 0.3) is 0 Å². The minimum Gasteiger partial charge on any atom is -0.493 e. The number of halogens is 1. The van der Waals surface area contributed by atoms with E-state index < -0.39 is 6.10 Å². The van der Waals surface area contributed by atoms with Crippen LogP contribution in [0.5, 0.6) is 11.5 Å². The predicted octanol–water partition coefficient (Wildman–Crippen LogP) is 2.77. The van der Waals surface area contributed by atoms with Gasteiger partial charge in [-0.05, 0) is 18.8 Å². The van der Waals surface area contributed by atoms with Gasteiger partial charge in [-0.1, -0.05) is 6.92 Å². The molecular weight excluding hydrogens is 223 g/mol. The molecule has 0 aliphatic heterocycles. The molecule has 0 saturated heterocycles. The third kappa shape index (κ3) is 1.86. The van der Waals surface area contributed by atoms with E-state index in [1.165, 1.54) is 20.3 Å². The minimum absolute atomic E-state index is 0.0909. The Morgan fingerprint density at radius 2 is 1.94 bits per heavy atom. The number of aliphatic hydroxyl groups excluding tert-OH is 1. The molecule has 1 aromatic rings. The first-order chi connectivity index (χ1) is 8.10. The first-order valence-corrected chi connectivity index (χ1v) is 5.72. The van der Waals surface area contributed by atoms with Gasteiger partial charge in [0.15, 0.2) is 11.5 Å². The molecule has 0 radical (unpaired) electrons. The zero-order valence-electron chi connectivity index (χ0n) is 10.3. The van der Waals surface area contributed by atoms with Crippen molar-refractivity contribution in [2.75, 3.05) is 14.2 Å². The number of aliphatic hydroxyl groups is 1. The van der Waals surface area contributed by atoms with Crippen molar-refractivity contribution >= 4 is 0 Å². The van der Waals surface area contributed by atoms with Crippen LogP contribution in [0, 0.1) is 5.82 Å². The maximum atomic E-state index is 14.0. The fourth-order valence-corrected chi connectivity index (χ4v) is 2.53. The molecule has 0 spiro atoms. The summed E-state index contributed by atoms with van der Waals surface area (Å²) in [7, 11) is 2.96. The van der Waals surface area contributed by atoms with Crippen LogP contribution in [-0.4, -0.2) is 19.3 Å². The summed E-state index contributed by atoms with van der Waals surface area (Å²) in [5.74, 6) is 0.539. The monoisotopic (exact) mass is 240 g/mol. The van der Waals surface area contributed by atoms with Crippen LogP contribution >= 0.6 is 0 Å². The second kappa shape index (κ2) is 4.53. The largest absolute Gasteiger partial charge is 0.493 e. The standard InChI is InChI=1S/C13H17FO3/c1-7-4-5-9(15)12-11(7)8(14)6-10(16-2)13(12)17-3/h6-7,9,15H,4-5H2,1-3H3/t7?,9-/m1/s1. The summed E-state index contributed by atoms with van der Waals surface area (Å²) >= 11 is 0. The van der Waals surface area contributed by atoms with Gasteiger partial charge in [0.1, 0.15) is 5.82 Å². The molecule has 17 heavy (non-hydrogen) atoms. The fraction of sp³-hybridized carbons (Fsp3) is 0.538. The van der Waals surface area contributed by atoms with Crippen molar-refractivity contribution in [3.05, 3.63) is 23.0 Å². The van der Waals surface area contributed by atoms with Crippen molar-refractivity contribution in [2.24, 2.45) is 0 Å². The molecular formula is C13H17FO3. The Hall–Kier alpha value is -1.29. The number of methoxy groups -OCH3 is 2. The molecule has 4 heteroatoms. The van der Waals surface area contributed by atoms with Crippen LogP contribution in [0.3, 0.4) is 0 Å². The zero-order chi connectivity index (χ0) is 12.6. The Kier molecular flexibility index (Phi) is 3.24. The highest BCUT2D eigenvalue weighted by molar-refractivity contribution is 5.54. The van der Waals surface area contributed by atoms with E-state index in [4.69, 9.17) is 9.47 Å². The van der Waals surface area contributed by atoms with Crippen molar-refractivity contribution in [1.82, 2.24) is 0 Å². The Balaban J connectivity index is 2.70. The second-order valence-electron chi connectivity index (χ2n) is 4.42. The summed E-state index contributed by atoms with van der Waals surface area (Å²) in [6, 6.07) is 1.33. The molecule has 1 aliphatic rings. The lowest BCUT2D eigenvalue weighted by molar-refractivity contribution is 0.145. The summed E-state index contributed by atoms with van der Waals surface area (Å²) in [4.78, 5) is 0. The van der Waals surface area contributed by atoms with E-state index in [1.54, 1.807) is 0 Å². The van der Waals surface area contributed by atoms with Crippen LogP contribution < -0.4 is 9.47 Å². The van der Waals surface area contributed by atoms with E-state index in [0.29, 0.717) is 29.0 Å². The first kappa shape index (κ1) is 12.2. The number of rotatable bonds is 2. The second-order valence-corrected chi connectivity index (χ2v) is 4.42. The smallest absolute Gasteiger partial charge is 0.167 e. The van der Waals surface area contributed by atoms with Gasteiger partial charge in [0.05, 0.1) is 20.3 Å². The van der Waals surface area contributed by atoms with Gasteiger partial charge in [-0.15, -0.1) is 0 Å². The Morgan fingerprint density at radius 1 is 1.24 bits per heavy atom. The van der Waals surface area contributed by atoms with Gasteiger partial charge in [-0.25, -0.2) is 4.39 Å². The summed E-state index contributed by atoms with van der Waals surface area (Å²) in [5.41, 5.74) is 1.10. The number of fused-ring (bicyclic) bond motifs is 1. The summed E-state index contributed by atoms with van der Waals surface area (Å²) < 4.78 is 24.4. The van der Waals surface area contributed by atoms with E-state index in [0.717, 1.165) is 6.42 Å². The van der Waals surface area contributed by atoms with E-state index >= 15 is 0 Å². The molecule has 0 amide bonds. The zero-order valence-corrected chi connectivity index (χ0v) is 10.3. The number of ether oxygens (including phenoxy) is 2. The minimum atomic E-state index is -0.680. The Morgan fingerprint density at radius 3 is 2.53 bits per heavy atom. The van der Waals surface area contributed by atoms with E-state index in [1.807, 2.05) is 6.92 Å². The van der Waals surface area contributed by atoms with Crippen molar-refractivity contribution in [3.63, 3.8) is 0 Å². The molecule has 1 unspecified atom stereocenters. The highest BCUT2D eigenvalue weighted by Crippen LogP contribution is 2.47. The van der Waals surface area contributed by atoms with E-state index in [-0.39, 0.29) is 11.7 Å². The number of hydrogen-bond acceptors (Lipinski definition) is 3. The highest BCUT2D eigenvalue weighted by Gasteiger charge is 2.31. The third-order valence-electron chi connectivity index (χ3n) is 3.40. The van der Waals surface area contributed by atoms with Crippen LogP contribution in [-0.2, 0) is 0 Å². The summed E-state index contributed by atoms with van der Waals surface area (Å²) in [6.45, 7) is 1.96. The average Bonchev–Trinajstić information content (AvgIpc) is 2.32. The quantitative estimate of drug-likeness (QED) is 0.863. The van der Waals surface area contributed by atoms with Gasteiger partial charge < -0.3 is 14.6 Å². The average molecular weight is 240 g/mol. The van der Waals surface area contributed by atoms with Crippen LogP contribution in [0.2, 0.25) is 0 Å². The molecule has 1 aromatic carbocycles.